The number of carbonyl (C=O) groups excluding carboxylic acids is 1. The van der Waals surface area contributed by atoms with E-state index in [1.807, 2.05) is 37.3 Å². The standard InChI is InChI=1S/C25H27ClN2O4S/c1-2-24(20-6-4-3-5-7-20)28(33(31,32)23-14-12-22(26)13-15-23)18-19-8-10-21(11-9-19)25(30)27-16-17-29/h3-15,24,29H,2,16-18H2,1H3,(H,27,30)/t24-/m0/s1. The molecule has 8 heteroatoms. The maximum atomic E-state index is 13.7. The van der Waals surface area contributed by atoms with Crippen LogP contribution >= 0.6 is 11.6 Å². The maximum absolute atomic E-state index is 13.7. The van der Waals surface area contributed by atoms with Gasteiger partial charge in [-0.15, -0.1) is 0 Å². The molecule has 174 valence electrons. The Morgan fingerprint density at radius 3 is 2.21 bits per heavy atom. The largest absolute Gasteiger partial charge is 0.395 e. The van der Waals surface area contributed by atoms with Gasteiger partial charge < -0.3 is 10.4 Å². The van der Waals surface area contributed by atoms with Crippen LogP contribution in [0.5, 0.6) is 0 Å². The van der Waals surface area contributed by atoms with Gasteiger partial charge in [-0.05, 0) is 53.9 Å². The Labute approximate surface area is 199 Å². The minimum absolute atomic E-state index is 0.136. The molecule has 0 aliphatic rings. The van der Waals surface area contributed by atoms with Gasteiger partial charge in [0.05, 0.1) is 17.5 Å². The van der Waals surface area contributed by atoms with Gasteiger partial charge in [0.2, 0.25) is 10.0 Å². The van der Waals surface area contributed by atoms with Crippen molar-refractivity contribution in [2.24, 2.45) is 0 Å². The van der Waals surface area contributed by atoms with Crippen LogP contribution in [0.2, 0.25) is 5.02 Å². The van der Waals surface area contributed by atoms with Gasteiger partial charge in [-0.25, -0.2) is 8.42 Å². The van der Waals surface area contributed by atoms with Gasteiger partial charge in [0.1, 0.15) is 0 Å². The Kier molecular flexibility index (Phi) is 8.63. The fourth-order valence-corrected chi connectivity index (χ4v) is 5.40. The third kappa shape index (κ3) is 6.21. The quantitative estimate of drug-likeness (QED) is 0.444. The van der Waals surface area contributed by atoms with Crippen molar-refractivity contribution in [2.75, 3.05) is 13.2 Å². The number of sulfonamides is 1. The normalized spacial score (nSPS) is 12.5. The van der Waals surface area contributed by atoms with E-state index < -0.39 is 10.0 Å². The number of carbonyl (C=O) groups is 1. The molecule has 3 aromatic rings. The fraction of sp³-hybridized carbons (Fsp3) is 0.240. The summed E-state index contributed by atoms with van der Waals surface area (Å²) in [5, 5.41) is 11.9. The van der Waals surface area contributed by atoms with E-state index in [2.05, 4.69) is 5.32 Å². The van der Waals surface area contributed by atoms with Crippen molar-refractivity contribution in [3.05, 3.63) is 101 Å². The first-order chi connectivity index (χ1) is 15.9. The summed E-state index contributed by atoms with van der Waals surface area (Å²) in [6.07, 6.45) is 0.582. The highest BCUT2D eigenvalue weighted by Crippen LogP contribution is 2.32. The summed E-state index contributed by atoms with van der Waals surface area (Å²) >= 11 is 5.97. The summed E-state index contributed by atoms with van der Waals surface area (Å²) < 4.78 is 28.9. The first-order valence-electron chi connectivity index (χ1n) is 10.7. The summed E-state index contributed by atoms with van der Waals surface area (Å²) in [6.45, 7) is 2.12. The second-order valence-electron chi connectivity index (χ2n) is 7.52. The molecule has 0 unspecified atom stereocenters. The number of nitrogens with zero attached hydrogens (tertiary/aromatic N) is 1. The first kappa shape index (κ1) is 24.9. The van der Waals surface area contributed by atoms with E-state index in [4.69, 9.17) is 16.7 Å². The Balaban J connectivity index is 1.97. The smallest absolute Gasteiger partial charge is 0.251 e. The minimum atomic E-state index is -3.85. The number of hydrogen-bond donors (Lipinski definition) is 2. The van der Waals surface area contributed by atoms with Crippen LogP contribution in [0.15, 0.2) is 83.8 Å². The van der Waals surface area contributed by atoms with Crippen molar-refractivity contribution in [1.82, 2.24) is 9.62 Å². The summed E-state index contributed by atoms with van der Waals surface area (Å²) in [5.74, 6) is -0.294. The van der Waals surface area contributed by atoms with Crippen molar-refractivity contribution in [3.8, 4) is 0 Å². The van der Waals surface area contributed by atoms with Gasteiger partial charge in [-0.2, -0.15) is 4.31 Å². The molecule has 0 aliphatic carbocycles. The van der Waals surface area contributed by atoms with Crippen LogP contribution in [0, 0.1) is 0 Å². The molecular weight excluding hydrogens is 460 g/mol. The molecule has 0 fully saturated rings. The average molecular weight is 487 g/mol. The molecule has 6 nitrogen and oxygen atoms in total. The lowest BCUT2D eigenvalue weighted by molar-refractivity contribution is 0.0944. The number of benzene rings is 3. The van der Waals surface area contributed by atoms with Crippen LogP contribution in [0.3, 0.4) is 0 Å². The van der Waals surface area contributed by atoms with E-state index in [9.17, 15) is 13.2 Å². The Hall–Kier alpha value is -2.71. The summed E-state index contributed by atoms with van der Waals surface area (Å²) in [4.78, 5) is 12.3. The molecule has 3 aromatic carbocycles. The fourth-order valence-electron chi connectivity index (χ4n) is 3.60. The molecule has 0 radical (unpaired) electrons. The molecular formula is C25H27ClN2O4S. The minimum Gasteiger partial charge on any atom is -0.395 e. The number of rotatable bonds is 10. The van der Waals surface area contributed by atoms with Gasteiger partial charge in [-0.3, -0.25) is 4.79 Å². The highest BCUT2D eigenvalue weighted by molar-refractivity contribution is 7.89. The zero-order valence-corrected chi connectivity index (χ0v) is 19.9. The van der Waals surface area contributed by atoms with Crippen molar-refractivity contribution >= 4 is 27.5 Å². The molecule has 2 N–H and O–H groups in total. The van der Waals surface area contributed by atoms with E-state index >= 15 is 0 Å². The van der Waals surface area contributed by atoms with Gasteiger partial charge in [0.15, 0.2) is 0 Å². The number of amides is 1. The van der Waals surface area contributed by atoms with Gasteiger partial charge >= 0.3 is 0 Å². The topological polar surface area (TPSA) is 86.7 Å². The molecule has 0 saturated heterocycles. The number of nitrogens with one attached hydrogen (secondary N) is 1. The molecule has 0 bridgehead atoms. The molecule has 0 saturated carbocycles. The molecule has 0 spiro atoms. The number of aliphatic hydroxyl groups excluding tert-OH is 1. The SMILES string of the molecule is CC[C@@H](c1ccccc1)N(Cc1ccc(C(=O)NCCO)cc1)S(=O)(=O)c1ccc(Cl)cc1. The van der Waals surface area contributed by atoms with Gasteiger partial charge in [0.25, 0.3) is 5.91 Å². The predicted molar refractivity (Wildman–Crippen MR) is 130 cm³/mol. The first-order valence-corrected chi connectivity index (χ1v) is 12.5. The van der Waals surface area contributed by atoms with Crippen molar-refractivity contribution in [2.45, 2.75) is 30.8 Å². The lowest BCUT2D eigenvalue weighted by Crippen LogP contribution is -2.34. The highest BCUT2D eigenvalue weighted by atomic mass is 35.5. The van der Waals surface area contributed by atoms with Crippen LogP contribution in [0.1, 0.15) is 40.9 Å². The molecule has 0 aliphatic heterocycles. The van der Waals surface area contributed by atoms with Crippen LogP contribution in [-0.4, -0.2) is 36.9 Å². The zero-order chi connectivity index (χ0) is 23.8. The number of halogens is 1. The molecule has 1 amide bonds. The van der Waals surface area contributed by atoms with E-state index in [1.165, 1.54) is 16.4 Å². The monoisotopic (exact) mass is 486 g/mol. The third-order valence-corrected chi connectivity index (χ3v) is 7.41. The second-order valence-corrected chi connectivity index (χ2v) is 9.84. The maximum Gasteiger partial charge on any atom is 0.251 e. The molecule has 0 aromatic heterocycles. The van der Waals surface area contributed by atoms with Crippen molar-refractivity contribution < 1.29 is 18.3 Å². The highest BCUT2D eigenvalue weighted by Gasteiger charge is 2.31. The van der Waals surface area contributed by atoms with Gasteiger partial charge in [0, 0.05) is 23.7 Å². The summed E-state index contributed by atoms with van der Waals surface area (Å²) in [5.41, 5.74) is 2.09. The van der Waals surface area contributed by atoms with Crippen molar-refractivity contribution in [1.29, 1.82) is 0 Å². The van der Waals surface area contributed by atoms with E-state index in [1.54, 1.807) is 36.4 Å². The van der Waals surface area contributed by atoms with Crippen molar-refractivity contribution in [3.63, 3.8) is 0 Å². The lowest BCUT2D eigenvalue weighted by Gasteiger charge is -2.31. The summed E-state index contributed by atoms with van der Waals surface area (Å²) in [7, 11) is -3.85. The molecule has 1 atom stereocenters. The molecule has 33 heavy (non-hydrogen) atoms. The Morgan fingerprint density at radius 1 is 1.00 bits per heavy atom. The predicted octanol–water partition coefficient (Wildman–Crippen LogP) is 4.40. The lowest BCUT2D eigenvalue weighted by atomic mass is 10.0. The van der Waals surface area contributed by atoms with Crippen LogP contribution in [0.4, 0.5) is 0 Å². The number of hydrogen-bond acceptors (Lipinski definition) is 4. The third-order valence-electron chi connectivity index (χ3n) is 5.29. The Bertz CT molecular complexity index is 1150. The van der Waals surface area contributed by atoms with Crippen LogP contribution in [-0.2, 0) is 16.6 Å². The van der Waals surface area contributed by atoms with Crippen LogP contribution in [0.25, 0.3) is 0 Å². The second kappa shape index (κ2) is 11.4. The number of aliphatic hydroxyl groups is 1. The van der Waals surface area contributed by atoms with Gasteiger partial charge in [-0.1, -0.05) is 61.0 Å². The summed E-state index contributed by atoms with van der Waals surface area (Å²) in [6, 6.07) is 22.1. The molecule has 3 rings (SSSR count). The average Bonchev–Trinajstić information content (AvgIpc) is 2.83. The molecule has 0 heterocycles. The van der Waals surface area contributed by atoms with E-state index in [0.717, 1.165) is 11.1 Å². The Morgan fingerprint density at radius 2 is 1.64 bits per heavy atom. The van der Waals surface area contributed by atoms with E-state index in [0.29, 0.717) is 17.0 Å². The zero-order valence-electron chi connectivity index (χ0n) is 18.3. The van der Waals surface area contributed by atoms with Crippen LogP contribution < -0.4 is 5.32 Å². The van der Waals surface area contributed by atoms with E-state index in [-0.39, 0.29) is 36.5 Å².